The van der Waals surface area contributed by atoms with Gasteiger partial charge in [0.05, 0.1) is 36.9 Å². The predicted molar refractivity (Wildman–Crippen MR) is 144 cm³/mol. The Morgan fingerprint density at radius 3 is 2.73 bits per heavy atom. The Labute approximate surface area is 232 Å². The zero-order valence-electron chi connectivity index (χ0n) is 22.7. The zero-order valence-corrected chi connectivity index (χ0v) is 22.7. The molecule has 7 nitrogen and oxygen atoms in total. The van der Waals surface area contributed by atoms with Gasteiger partial charge in [0.2, 0.25) is 0 Å². The quantitative estimate of drug-likeness (QED) is 0.415. The fourth-order valence-electron chi connectivity index (χ4n) is 5.90. The molecular formula is C29H37F4N5O2. The van der Waals surface area contributed by atoms with E-state index in [2.05, 4.69) is 15.2 Å². The number of nitrogens with zero attached hydrogens (tertiary/aromatic N) is 3. The summed E-state index contributed by atoms with van der Waals surface area (Å²) in [7, 11) is 0. The van der Waals surface area contributed by atoms with Crippen molar-refractivity contribution in [2.45, 2.75) is 57.1 Å². The van der Waals surface area contributed by atoms with E-state index in [1.807, 2.05) is 0 Å². The molecule has 3 aliphatic heterocycles. The van der Waals surface area contributed by atoms with Crippen LogP contribution in [0, 0.1) is 11.3 Å². The van der Waals surface area contributed by atoms with Crippen LogP contribution in [-0.2, 0) is 4.74 Å². The molecule has 1 aliphatic carbocycles. The molecule has 0 bridgehead atoms. The lowest BCUT2D eigenvalue weighted by molar-refractivity contribution is -0.155. The minimum Gasteiger partial charge on any atom is -0.491 e. The number of pyridine rings is 1. The maximum atomic E-state index is 13.7. The van der Waals surface area contributed by atoms with Crippen molar-refractivity contribution >= 4 is 5.71 Å². The number of aromatic nitrogens is 1. The van der Waals surface area contributed by atoms with Crippen molar-refractivity contribution in [1.29, 1.82) is 5.41 Å². The molecule has 0 amide bonds. The summed E-state index contributed by atoms with van der Waals surface area (Å²) >= 11 is 0. The maximum Gasteiger partial charge on any atom is 0.401 e. The van der Waals surface area contributed by atoms with E-state index < -0.39 is 24.8 Å². The third-order valence-corrected chi connectivity index (χ3v) is 8.01. The number of hydrogen-bond acceptors (Lipinski definition) is 7. The minimum atomic E-state index is -4.38. The first-order valence-corrected chi connectivity index (χ1v) is 14.0. The predicted octanol–water partition coefficient (Wildman–Crippen LogP) is 4.95. The van der Waals surface area contributed by atoms with Crippen LogP contribution in [0.1, 0.15) is 44.3 Å². The van der Waals surface area contributed by atoms with Crippen LogP contribution >= 0.6 is 0 Å². The van der Waals surface area contributed by atoms with Gasteiger partial charge in [0.15, 0.2) is 0 Å². The molecule has 0 radical (unpaired) electrons. The maximum absolute atomic E-state index is 13.7. The van der Waals surface area contributed by atoms with Gasteiger partial charge in [0.25, 0.3) is 0 Å². The van der Waals surface area contributed by atoms with E-state index in [9.17, 15) is 17.6 Å². The number of hydrogen-bond donors (Lipinski definition) is 2. The first-order valence-electron chi connectivity index (χ1n) is 14.0. The highest BCUT2D eigenvalue weighted by Gasteiger charge is 2.43. The van der Waals surface area contributed by atoms with Crippen molar-refractivity contribution in [3.8, 4) is 5.75 Å². The molecule has 11 heteroatoms. The molecule has 40 heavy (non-hydrogen) atoms. The molecule has 0 saturated carbocycles. The molecule has 2 N–H and O–H groups in total. The largest absolute Gasteiger partial charge is 0.491 e. The Balaban J connectivity index is 1.37. The molecule has 0 spiro atoms. The van der Waals surface area contributed by atoms with Gasteiger partial charge in [-0.25, -0.2) is 0 Å². The lowest BCUT2D eigenvalue weighted by atomic mass is 9.79. The summed E-state index contributed by atoms with van der Waals surface area (Å²) in [6.07, 6.45) is 5.55. The van der Waals surface area contributed by atoms with Gasteiger partial charge < -0.3 is 20.2 Å². The van der Waals surface area contributed by atoms with Crippen LogP contribution in [0.15, 0.2) is 53.4 Å². The zero-order chi connectivity index (χ0) is 28.3. The van der Waals surface area contributed by atoms with Gasteiger partial charge in [-0.05, 0) is 62.0 Å². The molecule has 218 valence electrons. The van der Waals surface area contributed by atoms with Gasteiger partial charge in [0, 0.05) is 50.0 Å². The Kier molecular flexibility index (Phi) is 8.92. The fourth-order valence-corrected chi connectivity index (χ4v) is 5.90. The second kappa shape index (κ2) is 12.4. The van der Waals surface area contributed by atoms with Crippen LogP contribution in [0.5, 0.6) is 5.75 Å². The van der Waals surface area contributed by atoms with Crippen LogP contribution in [0.3, 0.4) is 0 Å². The van der Waals surface area contributed by atoms with E-state index >= 15 is 0 Å². The van der Waals surface area contributed by atoms with E-state index in [-0.39, 0.29) is 18.8 Å². The normalized spacial score (nSPS) is 27.6. The first kappa shape index (κ1) is 28.8. The third-order valence-electron chi connectivity index (χ3n) is 8.01. The number of nitrogens with one attached hydrogen (secondary N) is 2. The van der Waals surface area contributed by atoms with Crippen LogP contribution in [0.2, 0.25) is 0 Å². The average Bonchev–Trinajstić information content (AvgIpc) is 2.90. The smallest absolute Gasteiger partial charge is 0.401 e. The molecule has 5 rings (SSSR count). The standard InChI is InChI=1S/C29H37F4N5O2/c1-19-12-23-22(6-7-25(34)24(23)15-36-27-4-2-3-10-40-27)28(38(19)18-29(31,32)33)26-8-5-21(14-35-26)39-11-9-37-16-20(13-30)17-37/h5-8,14-15,19-20,27-28,34,36H,2-4,9-13,16-18H2,1H3/b24-15-,34-25?/t19-,27?,28+/m1/s1. The van der Waals surface area contributed by atoms with Crippen LogP contribution in [-0.4, -0.2) is 85.0 Å². The summed E-state index contributed by atoms with van der Waals surface area (Å²) in [5.74, 6) is 0.645. The van der Waals surface area contributed by atoms with E-state index in [0.29, 0.717) is 48.9 Å². The topological polar surface area (TPSA) is 73.7 Å². The van der Waals surface area contributed by atoms with Gasteiger partial charge >= 0.3 is 6.18 Å². The number of ether oxygens (including phenoxy) is 2. The molecule has 2 saturated heterocycles. The van der Waals surface area contributed by atoms with Crippen molar-refractivity contribution in [2.24, 2.45) is 5.92 Å². The van der Waals surface area contributed by atoms with Gasteiger partial charge in [-0.3, -0.25) is 19.2 Å². The lowest BCUT2D eigenvalue weighted by Crippen LogP contribution is -2.49. The fraction of sp³-hybridized carbons (Fsp3) is 0.586. The highest BCUT2D eigenvalue weighted by atomic mass is 19.4. The Hall–Kier alpha value is -2.76. The van der Waals surface area contributed by atoms with Crippen LogP contribution in [0.25, 0.3) is 0 Å². The van der Waals surface area contributed by atoms with Gasteiger partial charge in [0.1, 0.15) is 18.6 Å². The monoisotopic (exact) mass is 563 g/mol. The minimum absolute atomic E-state index is 0.113. The average molecular weight is 564 g/mol. The van der Waals surface area contributed by atoms with Crippen molar-refractivity contribution in [3.63, 3.8) is 0 Å². The molecular weight excluding hydrogens is 526 g/mol. The van der Waals surface area contributed by atoms with Crippen molar-refractivity contribution in [1.82, 2.24) is 20.1 Å². The summed E-state index contributed by atoms with van der Waals surface area (Å²) in [5, 5.41) is 11.8. The number of rotatable bonds is 9. The summed E-state index contributed by atoms with van der Waals surface area (Å²) in [6, 6.07) is 2.30. The van der Waals surface area contributed by atoms with Gasteiger partial charge in [-0.15, -0.1) is 0 Å². The molecule has 1 unspecified atom stereocenters. The highest BCUT2D eigenvalue weighted by Crippen LogP contribution is 2.44. The summed E-state index contributed by atoms with van der Waals surface area (Å²) in [6.45, 7) is 3.67. The third kappa shape index (κ3) is 6.75. The number of alkyl halides is 4. The second-order valence-corrected chi connectivity index (χ2v) is 11.1. The van der Waals surface area contributed by atoms with Crippen LogP contribution in [0.4, 0.5) is 17.6 Å². The molecule has 2 fully saturated rings. The SMILES string of the molecule is C[C@@H]1CC2=C(C=CC(=N)/C2=C\NC2CCCCO2)[C@@H](c2ccc(OCCN3CC(CF)C3)cn2)N1CC(F)(F)F. The summed E-state index contributed by atoms with van der Waals surface area (Å²) in [4.78, 5) is 8.12. The van der Waals surface area contributed by atoms with Gasteiger partial charge in [-0.1, -0.05) is 6.08 Å². The molecule has 0 aromatic carbocycles. The Morgan fingerprint density at radius 2 is 2.05 bits per heavy atom. The summed E-state index contributed by atoms with van der Waals surface area (Å²) in [5.41, 5.74) is 3.06. The van der Waals surface area contributed by atoms with Gasteiger partial charge in [-0.2, -0.15) is 13.2 Å². The first-order chi connectivity index (χ1) is 19.2. The molecule has 1 aromatic heterocycles. The Bertz CT molecular complexity index is 1140. The molecule has 3 atom stereocenters. The number of likely N-dealkylation sites (tertiary alicyclic amines) is 1. The highest BCUT2D eigenvalue weighted by molar-refractivity contribution is 6.11. The number of halogens is 4. The van der Waals surface area contributed by atoms with Crippen molar-refractivity contribution in [3.05, 3.63) is 59.1 Å². The van der Waals surface area contributed by atoms with E-state index in [1.165, 1.54) is 4.90 Å². The Morgan fingerprint density at radius 1 is 1.23 bits per heavy atom. The molecule has 4 aliphatic rings. The number of allylic oxidation sites excluding steroid dienone is 2. The van der Waals surface area contributed by atoms with Crippen molar-refractivity contribution < 1.29 is 27.0 Å². The second-order valence-electron chi connectivity index (χ2n) is 11.1. The lowest BCUT2D eigenvalue weighted by Gasteiger charge is -2.44. The van der Waals surface area contributed by atoms with E-state index in [1.54, 1.807) is 43.6 Å². The van der Waals surface area contributed by atoms with E-state index in [4.69, 9.17) is 14.9 Å². The van der Waals surface area contributed by atoms with Crippen molar-refractivity contribution in [2.75, 3.05) is 46.1 Å². The molecule has 1 aromatic rings. The summed E-state index contributed by atoms with van der Waals surface area (Å²) < 4.78 is 65.4. The molecule has 4 heterocycles. The van der Waals surface area contributed by atoms with Crippen LogP contribution < -0.4 is 10.1 Å². The van der Waals surface area contributed by atoms with E-state index in [0.717, 1.165) is 43.5 Å².